The van der Waals surface area contributed by atoms with Crippen LogP contribution in [0.3, 0.4) is 0 Å². The van der Waals surface area contributed by atoms with Crippen molar-refractivity contribution in [3.05, 3.63) is 0 Å². The lowest BCUT2D eigenvalue weighted by molar-refractivity contribution is 0.0337. The molecular weight excluding hydrogens is 220 g/mol. The predicted molar refractivity (Wildman–Crippen MR) is 78.6 cm³/mol. The molecular formula is C16H32N2. The van der Waals surface area contributed by atoms with Crippen molar-refractivity contribution in [2.75, 3.05) is 13.1 Å². The quantitative estimate of drug-likeness (QED) is 0.785. The van der Waals surface area contributed by atoms with Crippen molar-refractivity contribution in [3.63, 3.8) is 0 Å². The van der Waals surface area contributed by atoms with Gasteiger partial charge in [-0.25, -0.2) is 0 Å². The van der Waals surface area contributed by atoms with E-state index in [0.29, 0.717) is 5.54 Å². The zero-order chi connectivity index (χ0) is 13.2. The van der Waals surface area contributed by atoms with E-state index in [4.69, 9.17) is 5.73 Å². The Balaban J connectivity index is 2.01. The molecule has 0 saturated heterocycles. The summed E-state index contributed by atoms with van der Waals surface area (Å²) < 4.78 is 0. The Morgan fingerprint density at radius 3 is 2.22 bits per heavy atom. The molecule has 0 aromatic rings. The fourth-order valence-electron chi connectivity index (χ4n) is 3.50. The third-order valence-corrected chi connectivity index (χ3v) is 5.13. The van der Waals surface area contributed by atoms with Crippen molar-refractivity contribution >= 4 is 0 Å². The first-order chi connectivity index (χ1) is 8.57. The summed E-state index contributed by atoms with van der Waals surface area (Å²) in [6, 6.07) is 0.862. The van der Waals surface area contributed by atoms with Crippen LogP contribution in [0.25, 0.3) is 0 Å². The van der Waals surface area contributed by atoms with Crippen molar-refractivity contribution in [1.82, 2.24) is 4.90 Å². The molecule has 0 aliphatic heterocycles. The monoisotopic (exact) mass is 252 g/mol. The van der Waals surface area contributed by atoms with Gasteiger partial charge in [-0.1, -0.05) is 20.8 Å². The van der Waals surface area contributed by atoms with Gasteiger partial charge in [0.25, 0.3) is 0 Å². The third kappa shape index (κ3) is 3.27. The molecule has 2 nitrogen and oxygen atoms in total. The highest BCUT2D eigenvalue weighted by molar-refractivity contribution is 5.01. The Kier molecular flexibility index (Phi) is 4.71. The van der Waals surface area contributed by atoms with E-state index in [0.717, 1.165) is 24.4 Å². The van der Waals surface area contributed by atoms with Gasteiger partial charge in [0.2, 0.25) is 0 Å². The molecule has 0 unspecified atom stereocenters. The van der Waals surface area contributed by atoms with Crippen LogP contribution in [0.4, 0.5) is 0 Å². The highest BCUT2D eigenvalue weighted by Gasteiger charge is 2.44. The van der Waals surface area contributed by atoms with Crippen LogP contribution in [-0.4, -0.2) is 29.6 Å². The zero-order valence-corrected chi connectivity index (χ0v) is 12.6. The molecule has 0 amide bonds. The number of hydrogen-bond acceptors (Lipinski definition) is 2. The molecule has 2 N–H and O–H groups in total. The Bertz CT molecular complexity index is 250. The van der Waals surface area contributed by atoms with Gasteiger partial charge < -0.3 is 5.73 Å². The first kappa shape index (κ1) is 14.3. The van der Waals surface area contributed by atoms with Crippen molar-refractivity contribution in [1.29, 1.82) is 0 Å². The van der Waals surface area contributed by atoms with Crippen LogP contribution in [0.15, 0.2) is 0 Å². The van der Waals surface area contributed by atoms with Crippen molar-refractivity contribution in [2.45, 2.75) is 77.3 Å². The van der Waals surface area contributed by atoms with Crippen LogP contribution in [0.1, 0.15) is 65.7 Å². The van der Waals surface area contributed by atoms with Gasteiger partial charge in [0.15, 0.2) is 0 Å². The first-order valence-corrected chi connectivity index (χ1v) is 8.04. The molecule has 0 heterocycles. The summed E-state index contributed by atoms with van der Waals surface area (Å²) in [6.07, 6.45) is 9.57. The molecule has 0 bridgehead atoms. The van der Waals surface area contributed by atoms with Crippen LogP contribution in [0.2, 0.25) is 0 Å². The summed E-state index contributed by atoms with van der Waals surface area (Å²) in [7, 11) is 0. The second-order valence-electron chi connectivity index (χ2n) is 7.22. The van der Waals surface area contributed by atoms with Crippen LogP contribution >= 0.6 is 0 Å². The van der Waals surface area contributed by atoms with Gasteiger partial charge in [-0.3, -0.25) is 4.90 Å². The van der Waals surface area contributed by atoms with Crippen LogP contribution < -0.4 is 5.73 Å². The highest BCUT2D eigenvalue weighted by atomic mass is 15.3. The summed E-state index contributed by atoms with van der Waals surface area (Å²) in [5, 5.41) is 0. The topological polar surface area (TPSA) is 29.3 Å². The van der Waals surface area contributed by atoms with Crippen molar-refractivity contribution in [2.24, 2.45) is 17.6 Å². The lowest BCUT2D eigenvalue weighted by Crippen LogP contribution is -2.57. The summed E-state index contributed by atoms with van der Waals surface area (Å²) in [5.41, 5.74) is 6.56. The summed E-state index contributed by atoms with van der Waals surface area (Å²) in [6.45, 7) is 9.21. The molecule has 2 aliphatic carbocycles. The van der Waals surface area contributed by atoms with Crippen molar-refractivity contribution < 1.29 is 0 Å². The molecule has 2 fully saturated rings. The number of rotatable bonds is 6. The van der Waals surface area contributed by atoms with Gasteiger partial charge in [-0.2, -0.15) is 0 Å². The van der Waals surface area contributed by atoms with E-state index in [1.807, 2.05) is 0 Å². The lowest BCUT2D eigenvalue weighted by atomic mass is 9.75. The predicted octanol–water partition coefficient (Wildman–Crippen LogP) is 3.40. The van der Waals surface area contributed by atoms with Gasteiger partial charge in [0, 0.05) is 18.1 Å². The Morgan fingerprint density at radius 1 is 1.17 bits per heavy atom. The number of hydrogen-bond donors (Lipinski definition) is 1. The molecule has 0 radical (unpaired) electrons. The third-order valence-electron chi connectivity index (χ3n) is 5.13. The minimum Gasteiger partial charge on any atom is -0.329 e. The smallest absolute Gasteiger partial charge is 0.0334 e. The normalized spacial score (nSPS) is 33.3. The maximum atomic E-state index is 6.21. The summed E-state index contributed by atoms with van der Waals surface area (Å²) in [5.74, 6) is 1.72. The average molecular weight is 252 g/mol. The molecule has 106 valence electrons. The molecule has 0 atom stereocenters. The largest absolute Gasteiger partial charge is 0.329 e. The van der Waals surface area contributed by atoms with E-state index >= 15 is 0 Å². The average Bonchev–Trinajstić information content (AvgIpc) is 3.16. The molecule has 0 aromatic carbocycles. The van der Waals surface area contributed by atoms with E-state index in [-0.39, 0.29) is 0 Å². The minimum atomic E-state index is 0.350. The van der Waals surface area contributed by atoms with Gasteiger partial charge in [-0.05, 0) is 63.3 Å². The number of nitrogens with two attached hydrogens (primary N) is 1. The standard InChI is InChI=1S/C16H32N2/c1-13(2)8-11-18(15-4-5-15)16(12-17)9-6-14(3)7-10-16/h13-15H,4-12,17H2,1-3H3. The van der Waals surface area contributed by atoms with Crippen molar-refractivity contribution in [3.8, 4) is 0 Å². The van der Waals surface area contributed by atoms with Crippen LogP contribution in [0.5, 0.6) is 0 Å². The highest BCUT2D eigenvalue weighted by Crippen LogP contribution is 2.42. The Labute approximate surface area is 113 Å². The molecule has 2 aliphatic rings. The molecule has 2 heteroatoms. The molecule has 0 spiro atoms. The van der Waals surface area contributed by atoms with E-state index in [9.17, 15) is 0 Å². The molecule has 0 aromatic heterocycles. The zero-order valence-electron chi connectivity index (χ0n) is 12.6. The van der Waals surface area contributed by atoms with E-state index < -0.39 is 0 Å². The van der Waals surface area contributed by atoms with Crippen LogP contribution in [-0.2, 0) is 0 Å². The van der Waals surface area contributed by atoms with Crippen LogP contribution in [0, 0.1) is 11.8 Å². The second kappa shape index (κ2) is 5.92. The molecule has 2 rings (SSSR count). The first-order valence-electron chi connectivity index (χ1n) is 8.04. The maximum Gasteiger partial charge on any atom is 0.0334 e. The fourth-order valence-corrected chi connectivity index (χ4v) is 3.50. The SMILES string of the molecule is CC(C)CCN(C1CC1)C1(CN)CCC(C)CC1. The van der Waals surface area contributed by atoms with E-state index in [1.165, 1.54) is 51.5 Å². The Hall–Kier alpha value is -0.0800. The summed E-state index contributed by atoms with van der Waals surface area (Å²) in [4.78, 5) is 2.82. The van der Waals surface area contributed by atoms with E-state index in [2.05, 4.69) is 25.7 Å². The number of nitrogens with zero attached hydrogens (tertiary/aromatic N) is 1. The Morgan fingerprint density at radius 2 is 1.78 bits per heavy atom. The van der Waals surface area contributed by atoms with Gasteiger partial charge in [0.05, 0.1) is 0 Å². The lowest BCUT2D eigenvalue weighted by Gasteiger charge is -2.48. The van der Waals surface area contributed by atoms with Gasteiger partial charge in [-0.15, -0.1) is 0 Å². The van der Waals surface area contributed by atoms with Gasteiger partial charge in [0.1, 0.15) is 0 Å². The maximum absolute atomic E-state index is 6.21. The minimum absolute atomic E-state index is 0.350. The second-order valence-corrected chi connectivity index (χ2v) is 7.22. The fraction of sp³-hybridized carbons (Fsp3) is 1.00. The molecule has 18 heavy (non-hydrogen) atoms. The summed E-state index contributed by atoms with van der Waals surface area (Å²) >= 11 is 0. The van der Waals surface area contributed by atoms with E-state index in [1.54, 1.807) is 0 Å². The molecule has 2 saturated carbocycles. The van der Waals surface area contributed by atoms with Gasteiger partial charge >= 0.3 is 0 Å².